The van der Waals surface area contributed by atoms with Crippen LogP contribution in [0, 0.1) is 23.1 Å². The quantitative estimate of drug-likeness (QED) is 0.788. The Morgan fingerprint density at radius 3 is 2.74 bits per heavy atom. The second-order valence-corrected chi connectivity index (χ2v) is 4.77. The molecule has 0 radical (unpaired) electrons. The normalized spacial score (nSPS) is 12.2. The Morgan fingerprint density at radius 2 is 2.16 bits per heavy atom. The van der Waals surface area contributed by atoms with Crippen molar-refractivity contribution >= 4 is 0 Å². The average Bonchev–Trinajstić information content (AvgIpc) is 2.36. The molecule has 0 spiro atoms. The smallest absolute Gasteiger partial charge is 0.144 e. The Morgan fingerprint density at radius 1 is 1.42 bits per heavy atom. The lowest BCUT2D eigenvalue weighted by atomic mass is 10.2. The summed E-state index contributed by atoms with van der Waals surface area (Å²) in [6.07, 6.45) is -0.655. The van der Waals surface area contributed by atoms with Gasteiger partial charge in [0.25, 0.3) is 0 Å². The number of nitrogens with zero attached hydrogens (tertiary/aromatic N) is 1. The molecule has 0 saturated carbocycles. The Labute approximate surface area is 112 Å². The van der Waals surface area contributed by atoms with Crippen molar-refractivity contribution in [2.24, 2.45) is 5.92 Å². The largest absolute Gasteiger partial charge is 0.491 e. The Balaban J connectivity index is 2.36. The third-order valence-corrected chi connectivity index (χ3v) is 2.44. The molecule has 0 amide bonds. The second kappa shape index (κ2) is 7.72. The molecule has 1 aromatic carbocycles. The van der Waals surface area contributed by atoms with Crippen LogP contribution in [0.1, 0.15) is 19.4 Å². The lowest BCUT2D eigenvalue weighted by Crippen LogP contribution is -2.33. The number of nitriles is 1. The molecule has 19 heavy (non-hydrogen) atoms. The van der Waals surface area contributed by atoms with Crippen LogP contribution in [0.15, 0.2) is 18.2 Å². The zero-order valence-corrected chi connectivity index (χ0v) is 11.2. The summed E-state index contributed by atoms with van der Waals surface area (Å²) in [5, 5.41) is 21.4. The predicted octanol–water partition coefficient (Wildman–Crippen LogP) is 1.68. The van der Waals surface area contributed by atoms with Gasteiger partial charge in [-0.2, -0.15) is 5.26 Å². The highest BCUT2D eigenvalue weighted by molar-refractivity contribution is 5.36. The first-order chi connectivity index (χ1) is 9.02. The molecule has 4 nitrogen and oxygen atoms in total. The highest BCUT2D eigenvalue weighted by Crippen LogP contribution is 2.16. The van der Waals surface area contributed by atoms with Crippen molar-refractivity contribution in [3.05, 3.63) is 29.6 Å². The minimum absolute atomic E-state index is 0.0218. The fourth-order valence-electron chi connectivity index (χ4n) is 1.47. The third kappa shape index (κ3) is 5.69. The first-order valence-electron chi connectivity index (χ1n) is 6.24. The molecule has 1 unspecified atom stereocenters. The van der Waals surface area contributed by atoms with Crippen molar-refractivity contribution in [3.8, 4) is 11.8 Å². The number of benzene rings is 1. The molecule has 2 N–H and O–H groups in total. The van der Waals surface area contributed by atoms with Gasteiger partial charge < -0.3 is 15.2 Å². The Kier molecular flexibility index (Phi) is 6.26. The van der Waals surface area contributed by atoms with Crippen molar-refractivity contribution in [3.63, 3.8) is 0 Å². The van der Waals surface area contributed by atoms with E-state index in [1.165, 1.54) is 12.1 Å². The van der Waals surface area contributed by atoms with Crippen LogP contribution in [0.5, 0.6) is 5.75 Å². The van der Waals surface area contributed by atoms with Crippen molar-refractivity contribution in [1.82, 2.24) is 5.32 Å². The van der Waals surface area contributed by atoms with E-state index < -0.39 is 11.9 Å². The Bertz CT molecular complexity index is 444. The predicted molar refractivity (Wildman–Crippen MR) is 70.3 cm³/mol. The number of aliphatic hydroxyl groups excluding tert-OH is 1. The first kappa shape index (κ1) is 15.4. The summed E-state index contributed by atoms with van der Waals surface area (Å²) < 4.78 is 18.6. The standard InChI is InChI=1S/C14H19FN2O2/c1-10(2)7-17-8-12(18)9-19-13-4-3-11(6-16)14(15)5-13/h3-5,10,12,17-18H,7-9H2,1-2H3. The molecule has 5 heteroatoms. The summed E-state index contributed by atoms with van der Waals surface area (Å²) in [5.74, 6) is 0.201. The van der Waals surface area contributed by atoms with Gasteiger partial charge in [-0.1, -0.05) is 13.8 Å². The van der Waals surface area contributed by atoms with Gasteiger partial charge in [-0.05, 0) is 24.6 Å². The molecule has 0 fully saturated rings. The summed E-state index contributed by atoms with van der Waals surface area (Å²) >= 11 is 0. The highest BCUT2D eigenvalue weighted by atomic mass is 19.1. The van der Waals surface area contributed by atoms with Gasteiger partial charge in [0, 0.05) is 12.6 Å². The minimum atomic E-state index is -0.655. The van der Waals surface area contributed by atoms with Crippen LogP contribution in [0.25, 0.3) is 0 Å². The van der Waals surface area contributed by atoms with Crippen LogP contribution in [0.3, 0.4) is 0 Å². The van der Waals surface area contributed by atoms with Crippen LogP contribution in [-0.2, 0) is 0 Å². The summed E-state index contributed by atoms with van der Waals surface area (Å²) in [5.41, 5.74) is -0.0218. The fraction of sp³-hybridized carbons (Fsp3) is 0.500. The van der Waals surface area contributed by atoms with E-state index in [1.54, 1.807) is 6.07 Å². The fourth-order valence-corrected chi connectivity index (χ4v) is 1.47. The summed E-state index contributed by atoms with van der Waals surface area (Å²) in [7, 11) is 0. The van der Waals surface area contributed by atoms with Gasteiger partial charge in [-0.15, -0.1) is 0 Å². The lowest BCUT2D eigenvalue weighted by molar-refractivity contribution is 0.105. The van der Waals surface area contributed by atoms with Crippen LogP contribution >= 0.6 is 0 Å². The molecule has 0 aromatic heterocycles. The topological polar surface area (TPSA) is 65.3 Å². The molecule has 0 saturated heterocycles. The molecule has 1 aromatic rings. The van der Waals surface area contributed by atoms with E-state index >= 15 is 0 Å². The number of ether oxygens (including phenoxy) is 1. The van der Waals surface area contributed by atoms with E-state index in [4.69, 9.17) is 10.00 Å². The molecule has 0 bridgehead atoms. The van der Waals surface area contributed by atoms with Crippen LogP contribution in [-0.4, -0.2) is 30.9 Å². The molecule has 0 aliphatic heterocycles. The number of aliphatic hydroxyl groups is 1. The summed E-state index contributed by atoms with van der Waals surface area (Å²) in [6, 6.07) is 5.75. The third-order valence-electron chi connectivity index (χ3n) is 2.44. The summed E-state index contributed by atoms with van der Waals surface area (Å²) in [6.45, 7) is 5.49. The summed E-state index contributed by atoms with van der Waals surface area (Å²) in [4.78, 5) is 0. The Hall–Kier alpha value is -1.64. The maximum atomic E-state index is 13.3. The number of nitrogens with one attached hydrogen (secondary N) is 1. The van der Waals surface area contributed by atoms with Gasteiger partial charge >= 0.3 is 0 Å². The number of rotatable bonds is 7. The van der Waals surface area contributed by atoms with E-state index in [2.05, 4.69) is 19.2 Å². The van der Waals surface area contributed by atoms with Gasteiger partial charge in [0.05, 0.1) is 5.56 Å². The molecule has 0 aliphatic carbocycles. The molecular formula is C14H19FN2O2. The average molecular weight is 266 g/mol. The molecule has 104 valence electrons. The van der Waals surface area contributed by atoms with Crippen molar-refractivity contribution in [2.75, 3.05) is 19.7 Å². The van der Waals surface area contributed by atoms with Gasteiger partial charge in [-0.25, -0.2) is 4.39 Å². The maximum absolute atomic E-state index is 13.3. The van der Waals surface area contributed by atoms with Gasteiger partial charge in [-0.3, -0.25) is 0 Å². The van der Waals surface area contributed by atoms with Gasteiger partial charge in [0.15, 0.2) is 0 Å². The number of hydrogen-bond donors (Lipinski definition) is 2. The maximum Gasteiger partial charge on any atom is 0.144 e. The molecule has 1 rings (SSSR count). The molecule has 0 heterocycles. The van der Waals surface area contributed by atoms with E-state index in [-0.39, 0.29) is 12.2 Å². The first-order valence-corrected chi connectivity index (χ1v) is 6.24. The lowest BCUT2D eigenvalue weighted by Gasteiger charge is -2.14. The molecule has 0 aliphatic rings. The number of halogens is 1. The SMILES string of the molecule is CC(C)CNCC(O)COc1ccc(C#N)c(F)c1. The van der Waals surface area contributed by atoms with E-state index in [0.29, 0.717) is 18.2 Å². The van der Waals surface area contributed by atoms with Crippen LogP contribution in [0.2, 0.25) is 0 Å². The van der Waals surface area contributed by atoms with E-state index in [9.17, 15) is 9.50 Å². The zero-order valence-electron chi connectivity index (χ0n) is 11.2. The van der Waals surface area contributed by atoms with Crippen LogP contribution < -0.4 is 10.1 Å². The van der Waals surface area contributed by atoms with Gasteiger partial charge in [0.1, 0.15) is 30.3 Å². The second-order valence-electron chi connectivity index (χ2n) is 4.77. The molecule has 1 atom stereocenters. The number of hydrogen-bond acceptors (Lipinski definition) is 4. The molecular weight excluding hydrogens is 247 g/mol. The highest BCUT2D eigenvalue weighted by Gasteiger charge is 2.07. The minimum Gasteiger partial charge on any atom is -0.491 e. The van der Waals surface area contributed by atoms with Crippen molar-refractivity contribution in [1.29, 1.82) is 5.26 Å². The zero-order chi connectivity index (χ0) is 14.3. The van der Waals surface area contributed by atoms with E-state index in [1.807, 2.05) is 0 Å². The van der Waals surface area contributed by atoms with Crippen molar-refractivity contribution < 1.29 is 14.2 Å². The van der Waals surface area contributed by atoms with Crippen molar-refractivity contribution in [2.45, 2.75) is 20.0 Å². The van der Waals surface area contributed by atoms with Gasteiger partial charge in [0.2, 0.25) is 0 Å². The van der Waals surface area contributed by atoms with E-state index in [0.717, 1.165) is 12.6 Å². The monoisotopic (exact) mass is 266 g/mol. The van der Waals surface area contributed by atoms with Crippen LogP contribution in [0.4, 0.5) is 4.39 Å².